The highest BCUT2D eigenvalue weighted by Gasteiger charge is 2.36. The van der Waals surface area contributed by atoms with E-state index in [1.165, 1.54) is 0 Å². The number of halogens is 3. The van der Waals surface area contributed by atoms with Crippen LogP contribution < -0.4 is 0 Å². The third kappa shape index (κ3) is 5.15. The van der Waals surface area contributed by atoms with E-state index < -0.39 is 5.60 Å². The monoisotopic (exact) mass is 636 g/mol. The summed E-state index contributed by atoms with van der Waals surface area (Å²) in [5.41, 5.74) is 0.812. The molecule has 1 unspecified atom stereocenters. The van der Waals surface area contributed by atoms with Gasteiger partial charge in [0.1, 0.15) is 17.1 Å². The van der Waals surface area contributed by atoms with Crippen molar-refractivity contribution in [2.24, 2.45) is 0 Å². The third-order valence-corrected chi connectivity index (χ3v) is 7.60. The molecule has 36 heavy (non-hydrogen) atoms. The number of amides is 1. The van der Waals surface area contributed by atoms with E-state index in [-0.39, 0.29) is 11.7 Å². The van der Waals surface area contributed by atoms with Gasteiger partial charge in [-0.05, 0) is 66.4 Å². The number of benzene rings is 1. The van der Waals surface area contributed by atoms with Gasteiger partial charge in [0.15, 0.2) is 5.76 Å². The number of hydrogen-bond donors (Lipinski definition) is 1. The molecule has 4 aromatic rings. The van der Waals surface area contributed by atoms with Crippen LogP contribution in [-0.4, -0.2) is 53.8 Å². The molecule has 12 heteroatoms. The van der Waals surface area contributed by atoms with Gasteiger partial charge in [0.25, 0.3) is 5.91 Å². The first-order valence-corrected chi connectivity index (χ1v) is 13.4. The smallest absolute Gasteiger partial charge is 0.289 e. The van der Waals surface area contributed by atoms with E-state index in [0.29, 0.717) is 61.1 Å². The first-order valence-electron chi connectivity index (χ1n) is 11.4. The van der Waals surface area contributed by atoms with Crippen molar-refractivity contribution in [3.63, 3.8) is 0 Å². The summed E-state index contributed by atoms with van der Waals surface area (Å²) >= 11 is 13.1. The van der Waals surface area contributed by atoms with Crippen molar-refractivity contribution in [1.82, 2.24) is 29.7 Å². The fourth-order valence-electron chi connectivity index (χ4n) is 4.38. The molecule has 0 saturated carbocycles. The molecule has 1 aromatic carbocycles. The highest BCUT2D eigenvalue weighted by Crippen LogP contribution is 2.33. The lowest BCUT2D eigenvalue weighted by Gasteiger charge is -2.24. The zero-order chi connectivity index (χ0) is 25.4. The summed E-state index contributed by atoms with van der Waals surface area (Å²) in [5.74, 6) is 0.773. The molecular formula is C24H23Br2ClN6O3. The Balaban J connectivity index is 1.29. The van der Waals surface area contributed by atoms with Crippen LogP contribution in [0.5, 0.6) is 0 Å². The Kier molecular flexibility index (Phi) is 7.08. The molecule has 1 N–H and O–H groups in total. The number of aromatic nitrogens is 5. The quantitative estimate of drug-likeness (QED) is 0.326. The average Bonchev–Trinajstić information content (AvgIpc) is 3.54. The molecule has 0 aliphatic carbocycles. The molecule has 1 aliphatic heterocycles. The summed E-state index contributed by atoms with van der Waals surface area (Å²) in [7, 11) is 0. The Morgan fingerprint density at radius 2 is 2.03 bits per heavy atom. The summed E-state index contributed by atoms with van der Waals surface area (Å²) in [6.07, 6.45) is 6.68. The molecule has 1 atom stereocenters. The molecule has 5 rings (SSSR count). The molecule has 9 nitrogen and oxygen atoms in total. The molecule has 4 heterocycles. The first-order chi connectivity index (χ1) is 17.2. The van der Waals surface area contributed by atoms with Crippen molar-refractivity contribution < 1.29 is 14.3 Å². The number of furan rings is 1. The molecule has 0 bridgehead atoms. The number of rotatable bonds is 5. The fourth-order valence-corrected chi connectivity index (χ4v) is 5.47. The van der Waals surface area contributed by atoms with Crippen LogP contribution in [0.3, 0.4) is 0 Å². The zero-order valence-corrected chi connectivity index (χ0v) is 23.3. The SMILES string of the molecule is Cc1oc(C(=O)N2CCCC(O)(c3cn(-c4ccc(Br)cc4Cl)nn3)CC2)cc1Cn1cc(Br)cn1. The second kappa shape index (κ2) is 10.1. The van der Waals surface area contributed by atoms with Crippen LogP contribution in [0.1, 0.15) is 46.8 Å². The van der Waals surface area contributed by atoms with Gasteiger partial charge >= 0.3 is 0 Å². The molecule has 3 aromatic heterocycles. The number of likely N-dealkylation sites (tertiary alicyclic amines) is 1. The van der Waals surface area contributed by atoms with E-state index in [1.54, 1.807) is 38.8 Å². The lowest BCUT2D eigenvalue weighted by molar-refractivity contribution is 0.0168. The molecule has 0 radical (unpaired) electrons. The van der Waals surface area contributed by atoms with Crippen molar-refractivity contribution in [3.8, 4) is 5.69 Å². The van der Waals surface area contributed by atoms with Gasteiger partial charge in [-0.3, -0.25) is 9.48 Å². The first kappa shape index (κ1) is 25.2. The molecule has 1 fully saturated rings. The van der Waals surface area contributed by atoms with Crippen molar-refractivity contribution >= 4 is 49.4 Å². The second-order valence-corrected chi connectivity index (χ2v) is 11.1. The van der Waals surface area contributed by atoms with E-state index >= 15 is 0 Å². The van der Waals surface area contributed by atoms with Gasteiger partial charge in [0, 0.05) is 29.3 Å². The predicted octanol–water partition coefficient (Wildman–Crippen LogP) is 5.11. The molecule has 1 amide bonds. The number of carbonyl (C=O) groups is 1. The summed E-state index contributed by atoms with van der Waals surface area (Å²) in [5, 5.41) is 24.6. The maximum atomic E-state index is 13.2. The van der Waals surface area contributed by atoms with E-state index in [9.17, 15) is 9.90 Å². The van der Waals surface area contributed by atoms with Crippen molar-refractivity contribution in [2.45, 2.75) is 38.3 Å². The summed E-state index contributed by atoms with van der Waals surface area (Å²) < 4.78 is 10.9. The molecular weight excluding hydrogens is 616 g/mol. The van der Waals surface area contributed by atoms with Gasteiger partial charge in [-0.1, -0.05) is 32.7 Å². The molecule has 1 saturated heterocycles. The molecule has 0 spiro atoms. The average molecular weight is 639 g/mol. The van der Waals surface area contributed by atoms with E-state index in [2.05, 4.69) is 47.3 Å². The topological polar surface area (TPSA) is 102 Å². The summed E-state index contributed by atoms with van der Waals surface area (Å²) in [4.78, 5) is 15.0. The summed E-state index contributed by atoms with van der Waals surface area (Å²) in [6.45, 7) is 3.22. The summed E-state index contributed by atoms with van der Waals surface area (Å²) in [6, 6.07) is 7.24. The number of carbonyl (C=O) groups excluding carboxylic acids is 1. The van der Waals surface area contributed by atoms with Crippen LogP contribution in [0.15, 0.2) is 56.2 Å². The van der Waals surface area contributed by atoms with Crippen LogP contribution >= 0.6 is 43.5 Å². The van der Waals surface area contributed by atoms with Gasteiger partial charge in [-0.25, -0.2) is 4.68 Å². The molecule has 1 aliphatic rings. The lowest BCUT2D eigenvalue weighted by Crippen LogP contribution is -2.33. The van der Waals surface area contributed by atoms with Crippen molar-refractivity contribution in [3.05, 3.63) is 79.6 Å². The number of nitrogens with zero attached hydrogens (tertiary/aromatic N) is 6. The Labute approximate surface area is 229 Å². The van der Waals surface area contributed by atoms with Crippen LogP contribution in [-0.2, 0) is 12.1 Å². The fraction of sp³-hybridized carbons (Fsp3) is 0.333. The maximum Gasteiger partial charge on any atom is 0.289 e. The zero-order valence-electron chi connectivity index (χ0n) is 19.4. The highest BCUT2D eigenvalue weighted by molar-refractivity contribution is 9.10. The van der Waals surface area contributed by atoms with Gasteiger partial charge in [-0.15, -0.1) is 5.10 Å². The Morgan fingerprint density at radius 3 is 2.78 bits per heavy atom. The van der Waals surface area contributed by atoms with E-state index in [4.69, 9.17) is 16.0 Å². The van der Waals surface area contributed by atoms with Crippen LogP contribution in [0, 0.1) is 6.92 Å². The van der Waals surface area contributed by atoms with Crippen molar-refractivity contribution in [1.29, 1.82) is 0 Å². The largest absolute Gasteiger partial charge is 0.456 e. The Bertz CT molecular complexity index is 1420. The van der Waals surface area contributed by atoms with Gasteiger partial charge in [0.2, 0.25) is 0 Å². The Morgan fingerprint density at radius 1 is 1.19 bits per heavy atom. The number of aryl methyl sites for hydroxylation is 1. The lowest BCUT2D eigenvalue weighted by atomic mass is 9.92. The number of aliphatic hydroxyl groups is 1. The number of hydrogen-bond acceptors (Lipinski definition) is 6. The Hall–Kier alpha value is -2.47. The third-order valence-electron chi connectivity index (χ3n) is 6.39. The maximum absolute atomic E-state index is 13.2. The minimum absolute atomic E-state index is 0.194. The van der Waals surface area contributed by atoms with E-state index in [0.717, 1.165) is 14.5 Å². The molecule has 188 valence electrons. The van der Waals surface area contributed by atoms with Crippen LogP contribution in [0.4, 0.5) is 0 Å². The normalized spacial score (nSPS) is 18.4. The highest BCUT2D eigenvalue weighted by atomic mass is 79.9. The van der Waals surface area contributed by atoms with Gasteiger partial charge in [-0.2, -0.15) is 5.10 Å². The second-order valence-electron chi connectivity index (χ2n) is 8.87. The van der Waals surface area contributed by atoms with Crippen LogP contribution in [0.2, 0.25) is 5.02 Å². The van der Waals surface area contributed by atoms with Crippen LogP contribution in [0.25, 0.3) is 5.69 Å². The van der Waals surface area contributed by atoms with Gasteiger partial charge < -0.3 is 14.4 Å². The van der Waals surface area contributed by atoms with Gasteiger partial charge in [0.05, 0.1) is 34.1 Å². The minimum atomic E-state index is -1.20. The van der Waals surface area contributed by atoms with E-state index in [1.807, 2.05) is 25.3 Å². The predicted molar refractivity (Wildman–Crippen MR) is 140 cm³/mol. The standard InChI is InChI=1S/C24H23Br2ClN6O3/c1-15-16(12-32-13-18(26)11-28-32)9-21(36-15)23(34)31-7-2-5-24(35,6-8-31)22-14-33(30-29-22)20-4-3-17(25)10-19(20)27/h3-4,9-11,13-14,35H,2,5-8,12H2,1H3. The van der Waals surface area contributed by atoms with Crippen molar-refractivity contribution in [2.75, 3.05) is 13.1 Å². The minimum Gasteiger partial charge on any atom is -0.456 e.